The van der Waals surface area contributed by atoms with Crippen LogP contribution in [0, 0.1) is 0 Å². The predicted molar refractivity (Wildman–Crippen MR) is 66.4 cm³/mol. The molecule has 0 aromatic heterocycles. The van der Waals surface area contributed by atoms with Gasteiger partial charge in [0.1, 0.15) is 5.75 Å². The number of ether oxygens (including phenoxy) is 2. The maximum Gasteiger partial charge on any atom is 0.343 e. The third kappa shape index (κ3) is 3.91. The Bertz CT molecular complexity index is 395. The van der Waals surface area contributed by atoms with Gasteiger partial charge in [0.2, 0.25) is 0 Å². The average molecular weight is 258 g/mol. The number of rotatable bonds is 5. The molecule has 0 bridgehead atoms. The molecule has 0 fully saturated rings. The Morgan fingerprint density at radius 3 is 2.82 bits per heavy atom. The molecular weight excluding hydrogens is 242 g/mol. The molecule has 94 valence electrons. The third-order valence-electron chi connectivity index (χ3n) is 2.44. The van der Waals surface area contributed by atoms with Crippen LogP contribution < -0.4 is 10.1 Å². The standard InChI is InChI=1S/C12H16ClNO3/c1-8(14-2)10-6-9(13)4-5-11(10)17-7-12(15)16-3/h4-6,8,14H,7H2,1-3H3. The summed E-state index contributed by atoms with van der Waals surface area (Å²) >= 11 is 5.93. The summed E-state index contributed by atoms with van der Waals surface area (Å²) < 4.78 is 9.91. The van der Waals surface area contributed by atoms with Gasteiger partial charge in [0.25, 0.3) is 0 Å². The fourth-order valence-electron chi connectivity index (χ4n) is 1.34. The van der Waals surface area contributed by atoms with Gasteiger partial charge in [-0.3, -0.25) is 0 Å². The van der Waals surface area contributed by atoms with Gasteiger partial charge >= 0.3 is 5.97 Å². The highest BCUT2D eigenvalue weighted by atomic mass is 35.5. The molecule has 0 spiro atoms. The SMILES string of the molecule is CNC(C)c1cc(Cl)ccc1OCC(=O)OC. The molecule has 0 aliphatic heterocycles. The molecule has 4 nitrogen and oxygen atoms in total. The van der Waals surface area contributed by atoms with Crippen molar-refractivity contribution in [3.8, 4) is 5.75 Å². The van der Waals surface area contributed by atoms with Crippen molar-refractivity contribution < 1.29 is 14.3 Å². The van der Waals surface area contributed by atoms with Crippen LogP contribution in [0.4, 0.5) is 0 Å². The van der Waals surface area contributed by atoms with Crippen LogP contribution in [0.5, 0.6) is 5.75 Å². The molecule has 1 N–H and O–H groups in total. The van der Waals surface area contributed by atoms with Gasteiger partial charge < -0.3 is 14.8 Å². The van der Waals surface area contributed by atoms with Crippen LogP contribution in [0.15, 0.2) is 18.2 Å². The summed E-state index contributed by atoms with van der Waals surface area (Å²) in [7, 11) is 3.17. The van der Waals surface area contributed by atoms with Crippen molar-refractivity contribution in [2.24, 2.45) is 0 Å². The fraction of sp³-hybridized carbons (Fsp3) is 0.417. The maximum absolute atomic E-state index is 11.0. The summed E-state index contributed by atoms with van der Waals surface area (Å²) in [6, 6.07) is 5.37. The highest BCUT2D eigenvalue weighted by Crippen LogP contribution is 2.28. The minimum atomic E-state index is -0.414. The van der Waals surface area contributed by atoms with Crippen molar-refractivity contribution in [3.05, 3.63) is 28.8 Å². The minimum absolute atomic E-state index is 0.0846. The predicted octanol–water partition coefficient (Wildman–Crippen LogP) is 2.17. The first-order valence-electron chi connectivity index (χ1n) is 5.24. The number of carbonyl (C=O) groups excluding carboxylic acids is 1. The summed E-state index contributed by atoms with van der Waals surface area (Å²) in [5.74, 6) is 0.213. The van der Waals surface area contributed by atoms with E-state index in [2.05, 4.69) is 10.1 Å². The minimum Gasteiger partial charge on any atom is -0.482 e. The van der Waals surface area contributed by atoms with Gasteiger partial charge in [-0.1, -0.05) is 11.6 Å². The lowest BCUT2D eigenvalue weighted by atomic mass is 10.1. The summed E-state index contributed by atoms with van der Waals surface area (Å²) in [6.07, 6.45) is 0. The first-order chi connectivity index (χ1) is 8.08. The normalized spacial score (nSPS) is 12.0. The summed E-state index contributed by atoms with van der Waals surface area (Å²) in [6.45, 7) is 1.87. The van der Waals surface area contributed by atoms with Gasteiger partial charge in [0.05, 0.1) is 7.11 Å². The molecule has 1 aromatic rings. The van der Waals surface area contributed by atoms with Gasteiger partial charge in [-0.25, -0.2) is 4.79 Å². The molecule has 0 heterocycles. The number of halogens is 1. The fourth-order valence-corrected chi connectivity index (χ4v) is 1.52. The van der Waals surface area contributed by atoms with E-state index in [1.54, 1.807) is 12.1 Å². The number of esters is 1. The van der Waals surface area contributed by atoms with E-state index in [1.165, 1.54) is 7.11 Å². The molecule has 0 saturated carbocycles. The number of hydrogen-bond acceptors (Lipinski definition) is 4. The third-order valence-corrected chi connectivity index (χ3v) is 2.68. The van der Waals surface area contributed by atoms with Crippen LogP contribution in [0.3, 0.4) is 0 Å². The van der Waals surface area contributed by atoms with Gasteiger partial charge in [0.15, 0.2) is 6.61 Å². The second-order valence-electron chi connectivity index (χ2n) is 3.56. The Morgan fingerprint density at radius 2 is 2.24 bits per heavy atom. The van der Waals surface area contributed by atoms with E-state index < -0.39 is 5.97 Å². The van der Waals surface area contributed by atoms with Crippen LogP contribution in [0.1, 0.15) is 18.5 Å². The second kappa shape index (κ2) is 6.47. The lowest BCUT2D eigenvalue weighted by Crippen LogP contribution is -2.17. The molecule has 17 heavy (non-hydrogen) atoms. The van der Waals surface area contributed by atoms with E-state index in [-0.39, 0.29) is 12.6 Å². The molecule has 1 unspecified atom stereocenters. The summed E-state index contributed by atoms with van der Waals surface area (Å²) in [4.78, 5) is 11.0. The molecule has 0 saturated heterocycles. The number of methoxy groups -OCH3 is 1. The first-order valence-corrected chi connectivity index (χ1v) is 5.62. The largest absolute Gasteiger partial charge is 0.482 e. The number of nitrogens with one attached hydrogen (secondary N) is 1. The topological polar surface area (TPSA) is 47.6 Å². The lowest BCUT2D eigenvalue weighted by Gasteiger charge is -2.16. The van der Waals surface area contributed by atoms with E-state index in [1.807, 2.05) is 20.0 Å². The Hall–Kier alpha value is -1.26. The summed E-state index contributed by atoms with van der Waals surface area (Å²) in [5.41, 5.74) is 0.906. The van der Waals surface area contributed by atoms with Crippen molar-refractivity contribution >= 4 is 17.6 Å². The van der Waals surface area contributed by atoms with Crippen LogP contribution in [0.25, 0.3) is 0 Å². The highest BCUT2D eigenvalue weighted by molar-refractivity contribution is 6.30. The molecular formula is C12H16ClNO3. The van der Waals surface area contributed by atoms with E-state index in [4.69, 9.17) is 16.3 Å². The van der Waals surface area contributed by atoms with Crippen molar-refractivity contribution in [3.63, 3.8) is 0 Å². The first kappa shape index (κ1) is 13.8. The van der Waals surface area contributed by atoms with E-state index in [0.29, 0.717) is 10.8 Å². The maximum atomic E-state index is 11.0. The zero-order valence-electron chi connectivity index (χ0n) is 10.1. The van der Waals surface area contributed by atoms with Crippen molar-refractivity contribution in [2.45, 2.75) is 13.0 Å². The Morgan fingerprint density at radius 1 is 1.53 bits per heavy atom. The zero-order valence-corrected chi connectivity index (χ0v) is 10.9. The van der Waals surface area contributed by atoms with Crippen LogP contribution in [-0.4, -0.2) is 26.7 Å². The quantitative estimate of drug-likeness (QED) is 0.822. The molecule has 1 aromatic carbocycles. The molecule has 0 aliphatic carbocycles. The molecule has 0 amide bonds. The van der Waals surface area contributed by atoms with Crippen LogP contribution >= 0.6 is 11.6 Å². The summed E-state index contributed by atoms with van der Waals surface area (Å²) in [5, 5.41) is 3.73. The van der Waals surface area contributed by atoms with E-state index >= 15 is 0 Å². The van der Waals surface area contributed by atoms with Crippen LogP contribution in [0.2, 0.25) is 5.02 Å². The van der Waals surface area contributed by atoms with Gasteiger partial charge in [-0.15, -0.1) is 0 Å². The number of carbonyl (C=O) groups is 1. The van der Waals surface area contributed by atoms with Crippen molar-refractivity contribution in [2.75, 3.05) is 20.8 Å². The Labute approximate surface area is 106 Å². The molecule has 0 radical (unpaired) electrons. The second-order valence-corrected chi connectivity index (χ2v) is 3.99. The lowest BCUT2D eigenvalue weighted by molar-refractivity contribution is -0.142. The molecule has 1 rings (SSSR count). The number of hydrogen-bond donors (Lipinski definition) is 1. The monoisotopic (exact) mass is 257 g/mol. The molecule has 5 heteroatoms. The average Bonchev–Trinajstić information content (AvgIpc) is 2.35. The van der Waals surface area contributed by atoms with Gasteiger partial charge in [-0.2, -0.15) is 0 Å². The number of benzene rings is 1. The van der Waals surface area contributed by atoms with E-state index in [0.717, 1.165) is 5.56 Å². The van der Waals surface area contributed by atoms with Crippen LogP contribution in [-0.2, 0) is 9.53 Å². The van der Waals surface area contributed by atoms with E-state index in [9.17, 15) is 4.79 Å². The van der Waals surface area contributed by atoms with Gasteiger partial charge in [0, 0.05) is 16.6 Å². The molecule has 0 aliphatic rings. The smallest absolute Gasteiger partial charge is 0.343 e. The van der Waals surface area contributed by atoms with Crippen molar-refractivity contribution in [1.82, 2.24) is 5.32 Å². The Kier molecular flexibility index (Phi) is 5.25. The Balaban J connectivity index is 2.86. The highest BCUT2D eigenvalue weighted by Gasteiger charge is 2.12. The van der Waals surface area contributed by atoms with Crippen molar-refractivity contribution in [1.29, 1.82) is 0 Å². The molecule has 1 atom stereocenters. The van der Waals surface area contributed by atoms with Gasteiger partial charge in [-0.05, 0) is 32.2 Å². The zero-order chi connectivity index (χ0) is 12.8.